The predicted molar refractivity (Wildman–Crippen MR) is 125 cm³/mol. The lowest BCUT2D eigenvalue weighted by Gasteiger charge is -2.43. The number of hydrogen-bond donors (Lipinski definition) is 0. The minimum Gasteiger partial charge on any atom is -0.497 e. The Morgan fingerprint density at radius 1 is 1.09 bits per heavy atom. The van der Waals surface area contributed by atoms with Crippen LogP contribution in [0.1, 0.15) is 31.0 Å². The van der Waals surface area contributed by atoms with Gasteiger partial charge in [0.2, 0.25) is 11.7 Å². The van der Waals surface area contributed by atoms with Crippen LogP contribution in [0.3, 0.4) is 0 Å². The van der Waals surface area contributed by atoms with Crippen LogP contribution in [0.2, 0.25) is 0 Å². The summed E-state index contributed by atoms with van der Waals surface area (Å²) in [4.78, 5) is 26.5. The van der Waals surface area contributed by atoms with Crippen molar-refractivity contribution < 1.29 is 28.5 Å². The molecule has 2 heterocycles. The summed E-state index contributed by atoms with van der Waals surface area (Å²) < 4.78 is 23.0. The first kappa shape index (κ1) is 23.6. The molecule has 0 N–H and O–H groups in total. The lowest BCUT2D eigenvalue weighted by Crippen LogP contribution is -2.47. The summed E-state index contributed by atoms with van der Waals surface area (Å²) in [5.41, 5.74) is 1.64. The fourth-order valence-electron chi connectivity index (χ4n) is 3.85. The van der Waals surface area contributed by atoms with Gasteiger partial charge in [0.1, 0.15) is 18.4 Å². The number of hydrogen-bond acceptors (Lipinski definition) is 7. The lowest BCUT2D eigenvalue weighted by atomic mass is 9.93. The van der Waals surface area contributed by atoms with Crippen LogP contribution < -0.4 is 4.74 Å². The van der Waals surface area contributed by atoms with E-state index in [4.69, 9.17) is 18.9 Å². The van der Waals surface area contributed by atoms with Crippen LogP contribution in [-0.4, -0.2) is 55.3 Å². The van der Waals surface area contributed by atoms with Gasteiger partial charge in [-0.05, 0) is 29.8 Å². The van der Waals surface area contributed by atoms with E-state index in [9.17, 15) is 9.59 Å². The van der Waals surface area contributed by atoms with Crippen LogP contribution in [0.25, 0.3) is 0 Å². The zero-order valence-electron chi connectivity index (χ0n) is 19.1. The van der Waals surface area contributed by atoms with Crippen LogP contribution in [0.4, 0.5) is 4.79 Å². The molecule has 1 atom stereocenters. The first-order valence-electron chi connectivity index (χ1n) is 10.9. The summed E-state index contributed by atoms with van der Waals surface area (Å²) in [5, 5.41) is 0. The molecule has 33 heavy (non-hydrogen) atoms. The number of rotatable bonds is 7. The Balaban J connectivity index is 1.45. The maximum atomic E-state index is 13.0. The van der Waals surface area contributed by atoms with E-state index in [1.807, 2.05) is 54.6 Å². The van der Waals surface area contributed by atoms with E-state index < -0.39 is 17.9 Å². The van der Waals surface area contributed by atoms with Crippen molar-refractivity contribution in [1.82, 2.24) is 4.90 Å². The fourth-order valence-corrected chi connectivity index (χ4v) is 4.86. The number of benzene rings is 2. The number of methoxy groups -OCH3 is 1. The van der Waals surface area contributed by atoms with Gasteiger partial charge in [0, 0.05) is 11.0 Å². The Kier molecular flexibility index (Phi) is 6.97. The Morgan fingerprint density at radius 2 is 1.76 bits per heavy atom. The molecule has 0 aliphatic carbocycles. The van der Waals surface area contributed by atoms with E-state index in [2.05, 4.69) is 13.8 Å². The van der Waals surface area contributed by atoms with E-state index in [1.165, 1.54) is 16.7 Å². The highest BCUT2D eigenvalue weighted by Crippen LogP contribution is 2.39. The van der Waals surface area contributed by atoms with Crippen LogP contribution in [0.5, 0.6) is 5.75 Å². The highest BCUT2D eigenvalue weighted by molar-refractivity contribution is 8.00. The molecule has 1 unspecified atom stereocenters. The smallest absolute Gasteiger partial charge is 0.417 e. The molecular formula is C25H29NO6S. The molecule has 4 rings (SSSR count). The van der Waals surface area contributed by atoms with E-state index in [1.54, 1.807) is 7.11 Å². The average molecular weight is 472 g/mol. The standard InChI is InChI=1S/C25H29NO6S/c1-24(2)15-31-25(32-16-24,19-9-11-20(29-3)12-10-19)17-33-14-22(27)26-21(13-30-23(26)28)18-7-5-4-6-8-18/h4-12,21H,13-17H2,1-3H3. The van der Waals surface area contributed by atoms with Crippen molar-refractivity contribution in [2.75, 3.05) is 38.4 Å². The molecule has 2 aliphatic heterocycles. The van der Waals surface area contributed by atoms with Gasteiger partial charge in [-0.3, -0.25) is 4.79 Å². The maximum absolute atomic E-state index is 13.0. The Hall–Kier alpha value is -2.55. The molecule has 2 saturated heterocycles. The van der Waals surface area contributed by atoms with Crippen molar-refractivity contribution in [3.8, 4) is 5.75 Å². The molecule has 0 aromatic heterocycles. The maximum Gasteiger partial charge on any atom is 0.417 e. The molecule has 0 spiro atoms. The summed E-state index contributed by atoms with van der Waals surface area (Å²) in [7, 11) is 1.62. The highest BCUT2D eigenvalue weighted by Gasteiger charge is 2.43. The lowest BCUT2D eigenvalue weighted by molar-refractivity contribution is -0.295. The fraction of sp³-hybridized carbons (Fsp3) is 0.440. The second kappa shape index (κ2) is 9.75. The number of ether oxygens (including phenoxy) is 4. The quantitative estimate of drug-likeness (QED) is 0.593. The molecule has 7 nitrogen and oxygen atoms in total. The molecule has 2 fully saturated rings. The number of carbonyl (C=O) groups is 2. The minimum absolute atomic E-state index is 0.0985. The highest BCUT2D eigenvalue weighted by atomic mass is 32.2. The number of imide groups is 1. The molecule has 2 amide bonds. The number of carbonyl (C=O) groups excluding carboxylic acids is 2. The molecule has 2 aromatic rings. The van der Waals surface area contributed by atoms with Crippen molar-refractivity contribution in [2.45, 2.75) is 25.7 Å². The number of thioether (sulfide) groups is 1. The SMILES string of the molecule is COc1ccc(C2(CSCC(=O)N3C(=O)OCC3c3ccccc3)OCC(C)(C)CO2)cc1. The summed E-state index contributed by atoms with van der Waals surface area (Å²) in [6.45, 7) is 5.40. The van der Waals surface area contributed by atoms with Crippen LogP contribution in [-0.2, 0) is 24.8 Å². The van der Waals surface area contributed by atoms with Crippen molar-refractivity contribution in [3.63, 3.8) is 0 Å². The van der Waals surface area contributed by atoms with Gasteiger partial charge in [-0.1, -0.05) is 44.2 Å². The largest absolute Gasteiger partial charge is 0.497 e. The van der Waals surface area contributed by atoms with Crippen LogP contribution in [0.15, 0.2) is 54.6 Å². The van der Waals surface area contributed by atoms with E-state index in [0.717, 1.165) is 16.9 Å². The van der Waals surface area contributed by atoms with Crippen molar-refractivity contribution in [3.05, 3.63) is 65.7 Å². The third-order valence-corrected chi connectivity index (χ3v) is 6.80. The van der Waals surface area contributed by atoms with Gasteiger partial charge in [-0.25, -0.2) is 9.69 Å². The summed E-state index contributed by atoms with van der Waals surface area (Å²) >= 11 is 1.38. The zero-order chi connectivity index (χ0) is 23.5. The average Bonchev–Trinajstić information content (AvgIpc) is 3.22. The number of amides is 2. The summed E-state index contributed by atoms with van der Waals surface area (Å²) in [6, 6.07) is 16.6. The van der Waals surface area contributed by atoms with Gasteiger partial charge in [-0.15, -0.1) is 11.8 Å². The van der Waals surface area contributed by atoms with Gasteiger partial charge < -0.3 is 18.9 Å². The summed E-state index contributed by atoms with van der Waals surface area (Å²) in [6.07, 6.45) is -0.605. The van der Waals surface area contributed by atoms with Crippen molar-refractivity contribution in [1.29, 1.82) is 0 Å². The third-order valence-electron chi connectivity index (χ3n) is 5.77. The molecule has 2 aromatic carbocycles. The van der Waals surface area contributed by atoms with Gasteiger partial charge in [0.25, 0.3) is 0 Å². The monoisotopic (exact) mass is 471 g/mol. The number of cyclic esters (lactones) is 1. The Morgan fingerprint density at radius 3 is 2.39 bits per heavy atom. The van der Waals surface area contributed by atoms with Gasteiger partial charge in [-0.2, -0.15) is 0 Å². The van der Waals surface area contributed by atoms with E-state index in [-0.39, 0.29) is 23.7 Å². The van der Waals surface area contributed by atoms with Crippen LogP contribution >= 0.6 is 11.8 Å². The first-order chi connectivity index (χ1) is 15.8. The second-order valence-corrected chi connectivity index (χ2v) is 9.97. The Bertz CT molecular complexity index is 968. The van der Waals surface area contributed by atoms with E-state index >= 15 is 0 Å². The zero-order valence-corrected chi connectivity index (χ0v) is 19.9. The molecule has 8 heteroatoms. The molecule has 0 bridgehead atoms. The normalized spacial score (nSPS) is 21.5. The molecule has 176 valence electrons. The Labute approximate surface area is 198 Å². The topological polar surface area (TPSA) is 74.3 Å². The predicted octanol–water partition coefficient (Wildman–Crippen LogP) is 4.37. The van der Waals surface area contributed by atoms with E-state index in [0.29, 0.717) is 19.0 Å². The van der Waals surface area contributed by atoms with Gasteiger partial charge in [0.15, 0.2) is 0 Å². The van der Waals surface area contributed by atoms with Crippen LogP contribution in [0, 0.1) is 5.41 Å². The molecule has 2 aliphatic rings. The van der Waals surface area contributed by atoms with Gasteiger partial charge >= 0.3 is 6.09 Å². The number of nitrogens with zero attached hydrogens (tertiary/aromatic N) is 1. The molecular weight excluding hydrogens is 442 g/mol. The van der Waals surface area contributed by atoms with Gasteiger partial charge in [0.05, 0.1) is 31.8 Å². The first-order valence-corrected chi connectivity index (χ1v) is 12.0. The van der Waals surface area contributed by atoms with Crippen molar-refractivity contribution >= 4 is 23.8 Å². The molecule has 0 saturated carbocycles. The third kappa shape index (κ3) is 5.18. The summed E-state index contributed by atoms with van der Waals surface area (Å²) in [5.74, 6) is -0.0198. The second-order valence-electron chi connectivity index (χ2n) is 8.98. The minimum atomic E-state index is -0.975. The molecule has 0 radical (unpaired) electrons. The van der Waals surface area contributed by atoms with Crippen molar-refractivity contribution in [2.24, 2.45) is 5.41 Å².